The zero-order valence-electron chi connectivity index (χ0n) is 13.7. The van der Waals surface area contributed by atoms with Crippen molar-refractivity contribution >= 4 is 17.8 Å². The first-order valence-electron chi connectivity index (χ1n) is 7.79. The Balaban J connectivity index is 1.83. The fraction of sp³-hybridized carbons (Fsp3) is 0.200. The van der Waals surface area contributed by atoms with Gasteiger partial charge in [0.15, 0.2) is 0 Å². The smallest absolute Gasteiger partial charge is 0.354 e. The van der Waals surface area contributed by atoms with E-state index >= 15 is 0 Å². The van der Waals surface area contributed by atoms with Gasteiger partial charge in [-0.15, -0.1) is 0 Å². The molecule has 1 heterocycles. The second kappa shape index (κ2) is 6.71. The van der Waals surface area contributed by atoms with E-state index in [0.717, 1.165) is 16.9 Å². The maximum absolute atomic E-state index is 11.9. The van der Waals surface area contributed by atoms with Gasteiger partial charge in [0.25, 0.3) is 0 Å². The zero-order valence-corrected chi connectivity index (χ0v) is 13.7. The minimum Gasteiger partial charge on any atom is -0.497 e. The number of aliphatic imine (C=N–C) groups is 1. The molecule has 4 nitrogen and oxygen atoms in total. The van der Waals surface area contributed by atoms with Crippen LogP contribution in [-0.2, 0) is 15.3 Å². The van der Waals surface area contributed by atoms with Crippen LogP contribution in [0.15, 0.2) is 65.7 Å². The molecule has 0 saturated carbocycles. The van der Waals surface area contributed by atoms with Gasteiger partial charge in [0.1, 0.15) is 11.5 Å². The maximum atomic E-state index is 11.9. The lowest BCUT2D eigenvalue weighted by Gasteiger charge is -2.24. The van der Waals surface area contributed by atoms with Crippen molar-refractivity contribution in [1.29, 1.82) is 0 Å². The molecular formula is C20H19NO3. The number of methoxy groups -OCH3 is 1. The summed E-state index contributed by atoms with van der Waals surface area (Å²) in [6.07, 6.45) is 4.44. The fourth-order valence-corrected chi connectivity index (χ4v) is 2.66. The Morgan fingerprint density at radius 2 is 1.83 bits per heavy atom. The van der Waals surface area contributed by atoms with Gasteiger partial charge >= 0.3 is 5.97 Å². The molecule has 0 aromatic heterocycles. The summed E-state index contributed by atoms with van der Waals surface area (Å²) in [5, 5.41) is 0. The van der Waals surface area contributed by atoms with Crippen molar-refractivity contribution in [1.82, 2.24) is 0 Å². The van der Waals surface area contributed by atoms with Crippen LogP contribution in [0.1, 0.15) is 24.5 Å². The summed E-state index contributed by atoms with van der Waals surface area (Å²) in [4.78, 5) is 16.4. The molecule has 4 heteroatoms. The van der Waals surface area contributed by atoms with Gasteiger partial charge in [-0.3, -0.25) is 0 Å². The lowest BCUT2D eigenvalue weighted by molar-refractivity contribution is -0.147. The molecule has 0 radical (unpaired) electrons. The summed E-state index contributed by atoms with van der Waals surface area (Å²) in [5.74, 6) is 0.453. The molecule has 1 atom stereocenters. The number of ether oxygens (including phenoxy) is 2. The van der Waals surface area contributed by atoms with Gasteiger partial charge in [-0.1, -0.05) is 54.6 Å². The third kappa shape index (κ3) is 3.23. The summed E-state index contributed by atoms with van der Waals surface area (Å²) in [6, 6.07) is 17.4. The van der Waals surface area contributed by atoms with E-state index in [1.54, 1.807) is 14.0 Å². The topological polar surface area (TPSA) is 47.9 Å². The SMILES string of the molecule is COc1ccc(/C=C/CC2(c3ccccc3)N=C(C)C(=O)O2)cc1. The Labute approximate surface area is 141 Å². The highest BCUT2D eigenvalue weighted by Crippen LogP contribution is 2.36. The maximum Gasteiger partial charge on any atom is 0.354 e. The highest BCUT2D eigenvalue weighted by atomic mass is 16.6. The van der Waals surface area contributed by atoms with Crippen molar-refractivity contribution in [3.05, 3.63) is 71.8 Å². The molecule has 2 aromatic carbocycles. The summed E-state index contributed by atoms with van der Waals surface area (Å²) in [7, 11) is 1.64. The van der Waals surface area contributed by atoms with E-state index in [9.17, 15) is 4.79 Å². The lowest BCUT2D eigenvalue weighted by atomic mass is 9.99. The summed E-state index contributed by atoms with van der Waals surface area (Å²) < 4.78 is 10.8. The molecule has 0 bridgehead atoms. The number of benzene rings is 2. The third-order valence-electron chi connectivity index (χ3n) is 3.95. The summed E-state index contributed by atoms with van der Waals surface area (Å²) >= 11 is 0. The average Bonchev–Trinajstić information content (AvgIpc) is 2.91. The fourth-order valence-electron chi connectivity index (χ4n) is 2.66. The van der Waals surface area contributed by atoms with Gasteiger partial charge in [-0.2, -0.15) is 0 Å². The van der Waals surface area contributed by atoms with Crippen molar-refractivity contribution in [3.63, 3.8) is 0 Å². The minimum atomic E-state index is -0.967. The first-order chi connectivity index (χ1) is 11.6. The number of cyclic esters (lactones) is 1. The molecule has 1 aliphatic heterocycles. The number of carbonyl (C=O) groups is 1. The van der Waals surface area contributed by atoms with Crippen molar-refractivity contribution in [2.45, 2.75) is 19.1 Å². The first kappa shape index (κ1) is 16.0. The monoisotopic (exact) mass is 321 g/mol. The van der Waals surface area contributed by atoms with E-state index in [-0.39, 0.29) is 5.97 Å². The number of hydrogen-bond acceptors (Lipinski definition) is 4. The third-order valence-corrected chi connectivity index (χ3v) is 3.95. The quantitative estimate of drug-likeness (QED) is 0.783. The number of hydrogen-bond donors (Lipinski definition) is 0. The first-order valence-corrected chi connectivity index (χ1v) is 7.79. The molecule has 0 aliphatic carbocycles. The molecule has 122 valence electrons. The molecule has 0 saturated heterocycles. The van der Waals surface area contributed by atoms with Gasteiger partial charge in [-0.25, -0.2) is 9.79 Å². The van der Waals surface area contributed by atoms with Crippen LogP contribution in [0.3, 0.4) is 0 Å². The largest absolute Gasteiger partial charge is 0.497 e. The van der Waals surface area contributed by atoms with E-state index in [2.05, 4.69) is 4.99 Å². The van der Waals surface area contributed by atoms with Gasteiger partial charge in [0, 0.05) is 12.0 Å². The molecular weight excluding hydrogens is 302 g/mol. The van der Waals surface area contributed by atoms with Gasteiger partial charge in [0.05, 0.1) is 7.11 Å². The molecule has 1 aliphatic rings. The second-order valence-corrected chi connectivity index (χ2v) is 5.62. The molecule has 3 rings (SSSR count). The van der Waals surface area contributed by atoms with Crippen molar-refractivity contribution < 1.29 is 14.3 Å². The van der Waals surface area contributed by atoms with Crippen LogP contribution >= 0.6 is 0 Å². The number of rotatable bonds is 5. The summed E-state index contributed by atoms with van der Waals surface area (Å²) in [6.45, 7) is 1.68. The van der Waals surface area contributed by atoms with Crippen LogP contribution in [0.2, 0.25) is 0 Å². The minimum absolute atomic E-state index is 0.364. The number of esters is 1. The van der Waals surface area contributed by atoms with E-state index in [4.69, 9.17) is 9.47 Å². The van der Waals surface area contributed by atoms with E-state index in [0.29, 0.717) is 12.1 Å². The van der Waals surface area contributed by atoms with Gasteiger partial charge in [0.2, 0.25) is 5.72 Å². The summed E-state index contributed by atoms with van der Waals surface area (Å²) in [5.41, 5.74) is 1.35. The Hall–Kier alpha value is -2.88. The Morgan fingerprint density at radius 1 is 1.12 bits per heavy atom. The second-order valence-electron chi connectivity index (χ2n) is 5.62. The highest BCUT2D eigenvalue weighted by Gasteiger charge is 2.41. The van der Waals surface area contributed by atoms with Gasteiger partial charge < -0.3 is 9.47 Å². The Bertz CT molecular complexity index is 778. The van der Waals surface area contributed by atoms with E-state index < -0.39 is 5.72 Å². The number of nitrogens with zero attached hydrogens (tertiary/aromatic N) is 1. The van der Waals surface area contributed by atoms with Crippen LogP contribution < -0.4 is 4.74 Å². The predicted octanol–water partition coefficient (Wildman–Crippen LogP) is 3.97. The van der Waals surface area contributed by atoms with E-state index in [1.807, 2.05) is 66.7 Å². The molecule has 0 spiro atoms. The van der Waals surface area contributed by atoms with Gasteiger partial charge in [-0.05, 0) is 24.6 Å². The van der Waals surface area contributed by atoms with Crippen molar-refractivity contribution in [2.75, 3.05) is 7.11 Å². The van der Waals surface area contributed by atoms with Crippen LogP contribution in [0.4, 0.5) is 0 Å². The Morgan fingerprint density at radius 3 is 2.42 bits per heavy atom. The standard InChI is InChI=1S/C20H19NO3/c1-15-19(22)24-20(21-15,17-8-4-3-5-9-17)14-6-7-16-10-12-18(23-2)13-11-16/h3-13H,14H2,1-2H3/b7-6+. The van der Waals surface area contributed by atoms with Crippen molar-refractivity contribution in [2.24, 2.45) is 4.99 Å². The van der Waals surface area contributed by atoms with Crippen LogP contribution in [0, 0.1) is 0 Å². The van der Waals surface area contributed by atoms with Crippen molar-refractivity contribution in [3.8, 4) is 5.75 Å². The van der Waals surface area contributed by atoms with E-state index in [1.165, 1.54) is 0 Å². The Kier molecular flexibility index (Phi) is 4.47. The molecule has 0 N–H and O–H groups in total. The lowest BCUT2D eigenvalue weighted by Crippen LogP contribution is -2.24. The van der Waals surface area contributed by atoms with Crippen LogP contribution in [0.25, 0.3) is 6.08 Å². The number of carbonyl (C=O) groups excluding carboxylic acids is 1. The predicted molar refractivity (Wildman–Crippen MR) is 94.0 cm³/mol. The van der Waals surface area contributed by atoms with Crippen LogP contribution in [0.5, 0.6) is 5.75 Å². The highest BCUT2D eigenvalue weighted by molar-refractivity contribution is 6.36. The molecule has 24 heavy (non-hydrogen) atoms. The normalized spacial score (nSPS) is 20.1. The molecule has 1 unspecified atom stereocenters. The zero-order chi connectivity index (χ0) is 17.0. The van der Waals surface area contributed by atoms with Crippen LogP contribution in [-0.4, -0.2) is 18.8 Å². The molecule has 2 aromatic rings. The average molecular weight is 321 g/mol. The molecule has 0 fully saturated rings. The molecule has 0 amide bonds.